The number of esters is 2. The second kappa shape index (κ2) is 11.3. The van der Waals surface area contributed by atoms with Gasteiger partial charge < -0.3 is 24.1 Å². The second-order valence-electron chi connectivity index (χ2n) is 6.87. The lowest BCUT2D eigenvalue weighted by atomic mass is 10.1. The number of nitrogens with one attached hydrogen (secondary N) is 1. The van der Waals surface area contributed by atoms with E-state index in [2.05, 4.69) is 15.5 Å². The first-order valence-electron chi connectivity index (χ1n) is 10.2. The van der Waals surface area contributed by atoms with Gasteiger partial charge in [-0.05, 0) is 37.3 Å². The van der Waals surface area contributed by atoms with Crippen molar-refractivity contribution >= 4 is 35.3 Å². The number of anilines is 1. The first-order valence-corrected chi connectivity index (χ1v) is 11.2. The van der Waals surface area contributed by atoms with E-state index in [0.717, 1.165) is 5.56 Å². The van der Waals surface area contributed by atoms with Crippen LogP contribution in [-0.4, -0.2) is 59.7 Å². The van der Waals surface area contributed by atoms with E-state index in [-0.39, 0.29) is 28.5 Å². The number of amides is 1. The number of carbonyl (C=O) groups excluding carboxylic acids is 3. The zero-order valence-electron chi connectivity index (χ0n) is 19.2. The van der Waals surface area contributed by atoms with Crippen LogP contribution in [-0.2, 0) is 20.8 Å². The molecule has 3 aromatic rings. The first kappa shape index (κ1) is 24.8. The van der Waals surface area contributed by atoms with Crippen molar-refractivity contribution < 1.29 is 28.6 Å². The molecule has 1 amide bonds. The van der Waals surface area contributed by atoms with Crippen LogP contribution >= 0.6 is 11.8 Å². The van der Waals surface area contributed by atoms with Gasteiger partial charge in [-0.1, -0.05) is 23.9 Å². The van der Waals surface area contributed by atoms with Gasteiger partial charge >= 0.3 is 11.9 Å². The summed E-state index contributed by atoms with van der Waals surface area (Å²) in [7, 11) is 4.04. The zero-order chi connectivity index (χ0) is 24.7. The highest BCUT2D eigenvalue weighted by Crippen LogP contribution is 2.30. The Morgan fingerprint density at radius 1 is 0.971 bits per heavy atom. The van der Waals surface area contributed by atoms with Crippen LogP contribution in [0.1, 0.15) is 27.6 Å². The molecule has 0 unspecified atom stereocenters. The Hall–Kier alpha value is -3.86. The Balaban J connectivity index is 1.76. The molecule has 0 saturated carbocycles. The molecular weight excluding hydrogens is 460 g/mol. The molecule has 34 heavy (non-hydrogen) atoms. The molecule has 1 heterocycles. The molecular formula is C23H24N4O6S. The van der Waals surface area contributed by atoms with Gasteiger partial charge in [-0.3, -0.25) is 4.79 Å². The van der Waals surface area contributed by atoms with Crippen molar-refractivity contribution in [1.29, 1.82) is 0 Å². The van der Waals surface area contributed by atoms with Gasteiger partial charge in [0.15, 0.2) is 11.0 Å². The molecule has 2 aromatic carbocycles. The molecule has 0 saturated heterocycles. The lowest BCUT2D eigenvalue weighted by Gasteiger charge is -2.11. The third-order valence-electron chi connectivity index (χ3n) is 4.77. The lowest BCUT2D eigenvalue weighted by molar-refractivity contribution is -0.113. The smallest absolute Gasteiger partial charge is 0.337 e. The van der Waals surface area contributed by atoms with E-state index in [1.165, 1.54) is 44.2 Å². The molecule has 0 fully saturated rings. The average Bonchev–Trinajstić information content (AvgIpc) is 3.28. The highest BCUT2D eigenvalue weighted by atomic mass is 32.2. The number of ether oxygens (including phenoxy) is 3. The number of carbonyl (C=O) groups is 3. The van der Waals surface area contributed by atoms with Gasteiger partial charge in [0.05, 0.1) is 43.8 Å². The number of rotatable bonds is 9. The van der Waals surface area contributed by atoms with E-state index < -0.39 is 11.9 Å². The summed E-state index contributed by atoms with van der Waals surface area (Å²) >= 11 is 1.21. The molecule has 3 rings (SSSR count). The van der Waals surface area contributed by atoms with Crippen LogP contribution in [0.15, 0.2) is 47.6 Å². The van der Waals surface area contributed by atoms with Crippen molar-refractivity contribution in [2.45, 2.75) is 18.6 Å². The quantitative estimate of drug-likeness (QED) is 0.360. The SMILES string of the molecule is CCn1c(SCC(=O)Nc2cc(C(=O)OC)cc(C(=O)OC)c2)nnc1-c1ccccc1OC. The molecule has 0 aliphatic carbocycles. The minimum atomic E-state index is -0.643. The Morgan fingerprint density at radius 3 is 2.21 bits per heavy atom. The minimum Gasteiger partial charge on any atom is -0.496 e. The zero-order valence-corrected chi connectivity index (χ0v) is 20.0. The molecule has 1 N–H and O–H groups in total. The maximum Gasteiger partial charge on any atom is 0.337 e. The van der Waals surface area contributed by atoms with E-state index in [1.807, 2.05) is 35.8 Å². The molecule has 0 aliphatic heterocycles. The molecule has 11 heteroatoms. The van der Waals surface area contributed by atoms with E-state index >= 15 is 0 Å². The first-order chi connectivity index (χ1) is 16.4. The van der Waals surface area contributed by atoms with Crippen molar-refractivity contribution in [3.8, 4) is 17.1 Å². The molecule has 178 valence electrons. The monoisotopic (exact) mass is 484 g/mol. The summed E-state index contributed by atoms with van der Waals surface area (Å²) in [5, 5.41) is 11.8. The largest absolute Gasteiger partial charge is 0.496 e. The van der Waals surface area contributed by atoms with E-state index in [1.54, 1.807) is 7.11 Å². The van der Waals surface area contributed by atoms with Gasteiger partial charge in [0.1, 0.15) is 5.75 Å². The van der Waals surface area contributed by atoms with Crippen molar-refractivity contribution in [1.82, 2.24) is 14.8 Å². The van der Waals surface area contributed by atoms with Crippen LogP contribution in [0.5, 0.6) is 5.75 Å². The second-order valence-corrected chi connectivity index (χ2v) is 7.81. The number of nitrogens with zero attached hydrogens (tertiary/aromatic N) is 3. The number of benzene rings is 2. The minimum absolute atomic E-state index is 0.0278. The van der Waals surface area contributed by atoms with Crippen LogP contribution in [0.2, 0.25) is 0 Å². The van der Waals surface area contributed by atoms with Crippen molar-refractivity contribution in [3.63, 3.8) is 0 Å². The number of hydrogen-bond donors (Lipinski definition) is 1. The van der Waals surface area contributed by atoms with Gasteiger partial charge in [0, 0.05) is 12.2 Å². The van der Waals surface area contributed by atoms with Crippen LogP contribution in [0.4, 0.5) is 5.69 Å². The molecule has 0 aliphatic rings. The Kier molecular flexibility index (Phi) is 8.25. The number of aromatic nitrogens is 3. The van der Waals surface area contributed by atoms with Crippen LogP contribution < -0.4 is 10.1 Å². The molecule has 0 bridgehead atoms. The van der Waals surface area contributed by atoms with E-state index in [9.17, 15) is 14.4 Å². The normalized spacial score (nSPS) is 10.5. The summed E-state index contributed by atoms with van der Waals surface area (Å²) in [5.41, 5.74) is 1.28. The Labute approximate surface area is 200 Å². The molecule has 1 aromatic heterocycles. The number of thioether (sulfide) groups is 1. The van der Waals surface area contributed by atoms with Gasteiger partial charge in [-0.2, -0.15) is 0 Å². The topological polar surface area (TPSA) is 122 Å². The van der Waals surface area contributed by atoms with E-state index in [4.69, 9.17) is 14.2 Å². The fourth-order valence-corrected chi connectivity index (χ4v) is 4.01. The molecule has 0 radical (unpaired) electrons. The third-order valence-corrected chi connectivity index (χ3v) is 5.74. The summed E-state index contributed by atoms with van der Waals surface area (Å²) < 4.78 is 16.7. The van der Waals surface area contributed by atoms with Crippen molar-refractivity contribution in [3.05, 3.63) is 53.6 Å². The summed E-state index contributed by atoms with van der Waals surface area (Å²) in [4.78, 5) is 36.5. The fraction of sp³-hybridized carbons (Fsp3) is 0.261. The van der Waals surface area contributed by atoms with Gasteiger partial charge in [0.25, 0.3) is 0 Å². The average molecular weight is 485 g/mol. The summed E-state index contributed by atoms with van der Waals surface area (Å²) in [6, 6.07) is 11.7. The molecule has 0 spiro atoms. The van der Waals surface area contributed by atoms with Gasteiger partial charge in [-0.25, -0.2) is 9.59 Å². The van der Waals surface area contributed by atoms with E-state index in [0.29, 0.717) is 23.3 Å². The number of hydrogen-bond acceptors (Lipinski definition) is 9. The highest BCUT2D eigenvalue weighted by molar-refractivity contribution is 7.99. The Morgan fingerprint density at radius 2 is 1.62 bits per heavy atom. The third kappa shape index (κ3) is 5.54. The maximum atomic E-state index is 12.6. The highest BCUT2D eigenvalue weighted by Gasteiger charge is 2.18. The Bertz CT molecular complexity index is 1180. The fourth-order valence-electron chi connectivity index (χ4n) is 3.21. The van der Waals surface area contributed by atoms with Crippen LogP contribution in [0, 0.1) is 0 Å². The van der Waals surface area contributed by atoms with Crippen molar-refractivity contribution in [2.75, 3.05) is 32.4 Å². The maximum absolute atomic E-state index is 12.6. The summed E-state index contributed by atoms with van der Waals surface area (Å²) in [6.07, 6.45) is 0. The van der Waals surface area contributed by atoms with Crippen LogP contribution in [0.25, 0.3) is 11.4 Å². The van der Waals surface area contributed by atoms with Crippen molar-refractivity contribution in [2.24, 2.45) is 0 Å². The number of methoxy groups -OCH3 is 3. The predicted molar refractivity (Wildman–Crippen MR) is 126 cm³/mol. The van der Waals surface area contributed by atoms with Crippen LogP contribution in [0.3, 0.4) is 0 Å². The molecule has 10 nitrogen and oxygen atoms in total. The van der Waals surface area contributed by atoms with Gasteiger partial charge in [-0.15, -0.1) is 10.2 Å². The van der Waals surface area contributed by atoms with Gasteiger partial charge in [0.2, 0.25) is 5.91 Å². The summed E-state index contributed by atoms with van der Waals surface area (Å²) in [6.45, 7) is 2.55. The number of para-hydroxylation sites is 1. The lowest BCUT2D eigenvalue weighted by Crippen LogP contribution is -2.16. The predicted octanol–water partition coefficient (Wildman–Crippen LogP) is 3.28. The standard InChI is InChI=1S/C23H24N4O6S/c1-5-27-20(17-8-6-7-9-18(17)31-2)25-26-23(27)34-13-19(28)24-16-11-14(21(29)32-3)10-15(12-16)22(30)33-4/h6-12H,5,13H2,1-4H3,(H,24,28). The summed E-state index contributed by atoms with van der Waals surface area (Å²) in [5.74, 6) is -0.305. The molecule has 0 atom stereocenters.